The summed E-state index contributed by atoms with van der Waals surface area (Å²) in [5.74, 6) is 1.06. The third kappa shape index (κ3) is 5.09. The lowest BCUT2D eigenvalue weighted by Crippen LogP contribution is -2.07. The molecule has 4 fully saturated rings. The number of epoxide rings is 4. The van der Waals surface area contributed by atoms with Crippen molar-refractivity contribution < 1.29 is 18.9 Å². The molecule has 32 heavy (non-hydrogen) atoms. The third-order valence-corrected chi connectivity index (χ3v) is 7.53. The van der Waals surface area contributed by atoms with E-state index in [1.807, 2.05) is 0 Å². The van der Waals surface area contributed by atoms with Gasteiger partial charge in [-0.2, -0.15) is 0 Å². The largest absolute Gasteiger partial charge is 0.373 e. The number of ether oxygens (including phenoxy) is 4. The van der Waals surface area contributed by atoms with Crippen molar-refractivity contribution in [3.05, 3.63) is 58.7 Å². The first-order valence-corrected chi connectivity index (χ1v) is 12.3. The molecule has 0 radical (unpaired) electrons. The molecule has 4 aliphatic rings. The monoisotopic (exact) mass is 434 g/mol. The van der Waals surface area contributed by atoms with Crippen LogP contribution in [-0.2, 0) is 18.9 Å². The quantitative estimate of drug-likeness (QED) is 0.451. The number of benzene rings is 2. The van der Waals surface area contributed by atoms with E-state index in [9.17, 15) is 0 Å². The normalized spacial score (nSPS) is 29.4. The van der Waals surface area contributed by atoms with E-state index in [0.29, 0.717) is 36.3 Å². The maximum absolute atomic E-state index is 5.53. The molecule has 2 aromatic rings. The number of hydrogen-bond acceptors (Lipinski definition) is 4. The zero-order valence-corrected chi connectivity index (χ0v) is 19.2. The summed E-state index contributed by atoms with van der Waals surface area (Å²) in [6.45, 7) is 8.19. The summed E-state index contributed by atoms with van der Waals surface area (Å²) in [7, 11) is 0. The Hall–Kier alpha value is -1.72. The minimum absolute atomic E-state index is 0.448. The van der Waals surface area contributed by atoms with E-state index >= 15 is 0 Å². The fraction of sp³-hybridized carbons (Fsp3) is 0.571. The van der Waals surface area contributed by atoms with Crippen LogP contribution in [0.25, 0.3) is 11.1 Å². The maximum atomic E-state index is 5.53. The summed E-state index contributed by atoms with van der Waals surface area (Å²) >= 11 is 0. The van der Waals surface area contributed by atoms with E-state index in [2.05, 4.69) is 50.2 Å². The molecule has 170 valence electrons. The van der Waals surface area contributed by atoms with E-state index in [1.165, 1.54) is 33.4 Å². The van der Waals surface area contributed by atoms with Gasteiger partial charge in [-0.05, 0) is 84.7 Å². The van der Waals surface area contributed by atoms with Crippen LogP contribution in [0.5, 0.6) is 0 Å². The molecule has 0 saturated carbocycles. The van der Waals surface area contributed by atoms with Gasteiger partial charge in [0.2, 0.25) is 0 Å². The average molecular weight is 435 g/mol. The molecule has 0 bridgehead atoms. The van der Waals surface area contributed by atoms with Gasteiger partial charge in [0.05, 0.1) is 50.8 Å². The van der Waals surface area contributed by atoms with Crippen molar-refractivity contribution in [3.63, 3.8) is 0 Å². The summed E-state index contributed by atoms with van der Waals surface area (Å²) in [5.41, 5.74) is 8.25. The first-order valence-electron chi connectivity index (χ1n) is 12.3. The van der Waals surface area contributed by atoms with Gasteiger partial charge in [0.25, 0.3) is 0 Å². The minimum atomic E-state index is 0.448. The van der Waals surface area contributed by atoms with E-state index in [0.717, 1.165) is 52.1 Å². The van der Waals surface area contributed by atoms with Crippen LogP contribution in [0.1, 0.15) is 59.8 Å². The van der Waals surface area contributed by atoms with Crippen LogP contribution in [-0.4, -0.2) is 50.8 Å². The fourth-order valence-corrected chi connectivity index (χ4v) is 5.31. The first kappa shape index (κ1) is 20.9. The van der Waals surface area contributed by atoms with Gasteiger partial charge in [-0.1, -0.05) is 36.4 Å². The Bertz CT molecular complexity index is 862. The van der Waals surface area contributed by atoms with Gasteiger partial charge in [-0.3, -0.25) is 0 Å². The highest BCUT2D eigenvalue weighted by atomic mass is 16.6. The topological polar surface area (TPSA) is 50.1 Å². The number of rotatable bonds is 11. The molecule has 4 unspecified atom stereocenters. The third-order valence-electron chi connectivity index (χ3n) is 7.53. The number of hydrogen-bond donors (Lipinski definition) is 0. The van der Waals surface area contributed by atoms with Gasteiger partial charge in [-0.15, -0.1) is 0 Å². The molecule has 4 heterocycles. The van der Waals surface area contributed by atoms with Crippen molar-refractivity contribution in [1.82, 2.24) is 0 Å². The Morgan fingerprint density at radius 2 is 0.906 bits per heavy atom. The molecular weight excluding hydrogens is 400 g/mol. The predicted octanol–water partition coefficient (Wildman–Crippen LogP) is 5.29. The molecule has 6 rings (SSSR count). The smallest absolute Gasteiger partial charge is 0.0815 e. The second kappa shape index (κ2) is 8.57. The Balaban J connectivity index is 1.22. The van der Waals surface area contributed by atoms with Gasteiger partial charge in [0, 0.05) is 0 Å². The molecule has 0 aliphatic carbocycles. The second-order valence-corrected chi connectivity index (χ2v) is 10.3. The highest BCUT2D eigenvalue weighted by molar-refractivity contribution is 5.71. The van der Waals surface area contributed by atoms with Crippen LogP contribution in [0.3, 0.4) is 0 Å². The molecule has 0 amide bonds. The van der Waals surface area contributed by atoms with E-state index in [1.54, 1.807) is 0 Å². The van der Waals surface area contributed by atoms with Crippen molar-refractivity contribution >= 4 is 0 Å². The maximum Gasteiger partial charge on any atom is 0.0815 e. The summed E-state index contributed by atoms with van der Waals surface area (Å²) < 4.78 is 22.1. The Morgan fingerprint density at radius 1 is 0.594 bits per heavy atom. The van der Waals surface area contributed by atoms with Gasteiger partial charge in [0.1, 0.15) is 0 Å². The van der Waals surface area contributed by atoms with Crippen LogP contribution < -0.4 is 0 Å². The first-order chi connectivity index (χ1) is 15.6. The van der Waals surface area contributed by atoms with Gasteiger partial charge < -0.3 is 18.9 Å². The second-order valence-electron chi connectivity index (χ2n) is 10.3. The van der Waals surface area contributed by atoms with Gasteiger partial charge in [-0.25, -0.2) is 0 Å². The SMILES string of the molecule is Cc1cc(C(CC2CO2)CC2CO2)ccc1-c1ccc(C(CC2CO2)CC2CO2)cc1C. The zero-order chi connectivity index (χ0) is 21.7. The zero-order valence-electron chi connectivity index (χ0n) is 19.2. The van der Waals surface area contributed by atoms with Crippen molar-refractivity contribution in [2.75, 3.05) is 26.4 Å². The van der Waals surface area contributed by atoms with E-state index in [-0.39, 0.29) is 0 Å². The van der Waals surface area contributed by atoms with Crippen LogP contribution in [0, 0.1) is 13.8 Å². The summed E-state index contributed by atoms with van der Waals surface area (Å²) in [4.78, 5) is 0. The molecule has 2 aromatic carbocycles. The molecule has 4 saturated heterocycles. The predicted molar refractivity (Wildman–Crippen MR) is 124 cm³/mol. The molecule has 4 nitrogen and oxygen atoms in total. The Kier molecular flexibility index (Phi) is 5.58. The van der Waals surface area contributed by atoms with Crippen molar-refractivity contribution in [1.29, 1.82) is 0 Å². The lowest BCUT2D eigenvalue weighted by Gasteiger charge is -2.20. The van der Waals surface area contributed by atoms with Crippen LogP contribution in [0.4, 0.5) is 0 Å². The molecule has 0 N–H and O–H groups in total. The summed E-state index contributed by atoms with van der Waals surface area (Å²) in [6.07, 6.45) is 6.25. The summed E-state index contributed by atoms with van der Waals surface area (Å²) in [6, 6.07) is 14.1. The molecule has 0 aromatic heterocycles. The van der Waals surface area contributed by atoms with E-state index in [4.69, 9.17) is 18.9 Å². The minimum Gasteiger partial charge on any atom is -0.373 e. The number of aryl methyl sites for hydroxylation is 2. The lowest BCUT2D eigenvalue weighted by atomic mass is 9.85. The van der Waals surface area contributed by atoms with Crippen LogP contribution >= 0.6 is 0 Å². The standard InChI is InChI=1S/C28H34O4/c1-17-7-19(21(9-23-13-29-23)10-24-14-30-24)3-5-27(17)28-6-4-20(8-18(28)2)22(11-25-15-31-25)12-26-16-32-26/h3-8,21-26H,9-16H2,1-2H3. The van der Waals surface area contributed by atoms with Gasteiger partial charge >= 0.3 is 0 Å². The van der Waals surface area contributed by atoms with Crippen molar-refractivity contribution in [3.8, 4) is 11.1 Å². The molecule has 4 atom stereocenters. The Morgan fingerprint density at radius 3 is 1.16 bits per heavy atom. The van der Waals surface area contributed by atoms with Crippen molar-refractivity contribution in [2.45, 2.75) is 75.8 Å². The van der Waals surface area contributed by atoms with Crippen LogP contribution in [0.2, 0.25) is 0 Å². The molecule has 0 spiro atoms. The van der Waals surface area contributed by atoms with Gasteiger partial charge in [0.15, 0.2) is 0 Å². The highest BCUT2D eigenvalue weighted by Crippen LogP contribution is 2.39. The average Bonchev–Trinajstić information content (AvgIpc) is 3.61. The molecule has 4 aliphatic heterocycles. The van der Waals surface area contributed by atoms with Crippen molar-refractivity contribution in [2.24, 2.45) is 0 Å². The molecule has 4 heteroatoms. The van der Waals surface area contributed by atoms with Crippen LogP contribution in [0.15, 0.2) is 36.4 Å². The highest BCUT2D eigenvalue weighted by Gasteiger charge is 2.34. The fourth-order valence-electron chi connectivity index (χ4n) is 5.31. The Labute approximate surface area is 191 Å². The molecular formula is C28H34O4. The lowest BCUT2D eigenvalue weighted by molar-refractivity contribution is 0.345. The van der Waals surface area contributed by atoms with E-state index < -0.39 is 0 Å². The summed E-state index contributed by atoms with van der Waals surface area (Å²) in [5, 5.41) is 0.